The number of benzene rings is 3. The number of hydrogen-bond acceptors (Lipinski definition) is 4. The fourth-order valence-electron chi connectivity index (χ4n) is 3.81. The smallest absolute Gasteiger partial charge is 0.270 e. The van der Waals surface area contributed by atoms with Crippen molar-refractivity contribution in [2.45, 2.75) is 0 Å². The maximum Gasteiger partial charge on any atom is 0.270 e. The highest BCUT2D eigenvalue weighted by Gasteiger charge is 2.41. The zero-order valence-electron chi connectivity index (χ0n) is 18.1. The number of carbonyl (C=O) groups is 1. The maximum atomic E-state index is 13.9. The van der Waals surface area contributed by atoms with Crippen LogP contribution in [0.3, 0.4) is 0 Å². The van der Waals surface area contributed by atoms with E-state index in [1.54, 1.807) is 60.7 Å². The van der Waals surface area contributed by atoms with Gasteiger partial charge in [0.15, 0.2) is 4.91 Å². The summed E-state index contributed by atoms with van der Waals surface area (Å²) in [6.07, 6.45) is 1.46. The summed E-state index contributed by atoms with van der Waals surface area (Å²) >= 11 is 12.4. The number of fused-ring (bicyclic) bond motifs is 1. The van der Waals surface area contributed by atoms with Crippen LogP contribution in [-0.4, -0.2) is 28.0 Å². The van der Waals surface area contributed by atoms with Crippen molar-refractivity contribution in [3.8, 4) is 5.75 Å². The average molecular weight is 515 g/mol. The van der Waals surface area contributed by atoms with E-state index in [0.29, 0.717) is 32.6 Å². The summed E-state index contributed by atoms with van der Waals surface area (Å²) in [5.74, 6) is -0.502. The lowest BCUT2D eigenvalue weighted by molar-refractivity contribution is -0.112. The monoisotopic (exact) mass is 514 g/mol. The zero-order valence-corrected chi connectivity index (χ0v) is 20.4. The van der Waals surface area contributed by atoms with E-state index in [4.69, 9.17) is 27.9 Å². The van der Waals surface area contributed by atoms with Crippen LogP contribution < -0.4 is 14.4 Å². The van der Waals surface area contributed by atoms with Crippen molar-refractivity contribution in [3.63, 3.8) is 0 Å². The van der Waals surface area contributed by atoms with Crippen LogP contribution in [0.25, 0.3) is 5.57 Å². The van der Waals surface area contributed by atoms with Crippen LogP contribution in [0, 0.1) is 0 Å². The van der Waals surface area contributed by atoms with Crippen LogP contribution in [0.15, 0.2) is 84.3 Å². The number of nitrogens with zero attached hydrogens (tertiary/aromatic N) is 1. The topological polar surface area (TPSA) is 75.7 Å². The molecule has 174 valence electrons. The minimum Gasteiger partial charge on any atom is -0.495 e. The van der Waals surface area contributed by atoms with Crippen LogP contribution in [0.5, 0.6) is 5.75 Å². The first-order valence-electron chi connectivity index (χ1n) is 10.2. The lowest BCUT2D eigenvalue weighted by Gasteiger charge is -2.33. The van der Waals surface area contributed by atoms with E-state index in [2.05, 4.69) is 11.9 Å². The van der Waals surface area contributed by atoms with E-state index in [1.807, 2.05) is 0 Å². The summed E-state index contributed by atoms with van der Waals surface area (Å²) in [5, 5.41) is 3.42. The third-order valence-electron chi connectivity index (χ3n) is 5.25. The van der Waals surface area contributed by atoms with Crippen LogP contribution in [0.1, 0.15) is 11.1 Å². The van der Waals surface area contributed by atoms with Crippen LogP contribution in [0.2, 0.25) is 10.0 Å². The number of hydrogen-bond donors (Lipinski definition) is 1. The highest BCUT2D eigenvalue weighted by atomic mass is 35.5. The average Bonchev–Trinajstić information content (AvgIpc) is 2.81. The Morgan fingerprint density at radius 2 is 1.74 bits per heavy atom. The van der Waals surface area contributed by atoms with Crippen molar-refractivity contribution >= 4 is 56.1 Å². The van der Waals surface area contributed by atoms with Gasteiger partial charge in [-0.2, -0.15) is 0 Å². The van der Waals surface area contributed by atoms with Crippen molar-refractivity contribution in [3.05, 3.63) is 105 Å². The molecule has 4 rings (SSSR count). The zero-order chi connectivity index (χ0) is 24.5. The Labute approximate surface area is 208 Å². The molecule has 1 amide bonds. The Balaban J connectivity index is 2.01. The molecule has 0 saturated carbocycles. The molecule has 34 heavy (non-hydrogen) atoms. The van der Waals surface area contributed by atoms with Crippen molar-refractivity contribution in [2.24, 2.45) is 0 Å². The van der Waals surface area contributed by atoms with Gasteiger partial charge < -0.3 is 10.1 Å². The molecule has 9 heteroatoms. The number of halogens is 2. The lowest BCUT2D eigenvalue weighted by atomic mass is 9.95. The summed E-state index contributed by atoms with van der Waals surface area (Å²) in [7, 11) is -2.85. The minimum atomic E-state index is -4.29. The number of ether oxygens (including phenoxy) is 1. The molecule has 0 saturated heterocycles. The highest BCUT2D eigenvalue weighted by Crippen LogP contribution is 2.44. The molecular weight excluding hydrogens is 495 g/mol. The molecule has 0 radical (unpaired) electrons. The van der Waals surface area contributed by atoms with Crippen molar-refractivity contribution in [1.82, 2.24) is 0 Å². The van der Waals surface area contributed by atoms with E-state index in [1.165, 1.54) is 19.3 Å². The van der Waals surface area contributed by atoms with Gasteiger partial charge in [-0.15, -0.1) is 6.58 Å². The van der Waals surface area contributed by atoms with E-state index in [0.717, 1.165) is 4.31 Å². The first kappa shape index (κ1) is 23.9. The quantitative estimate of drug-likeness (QED) is 0.425. The molecule has 1 aliphatic rings. The van der Waals surface area contributed by atoms with Gasteiger partial charge in [0.25, 0.3) is 15.9 Å². The number of sulfonamides is 1. The fraction of sp³-hybridized carbons (Fsp3) is 0.0800. The van der Waals surface area contributed by atoms with Gasteiger partial charge in [0.2, 0.25) is 0 Å². The molecule has 1 heterocycles. The Morgan fingerprint density at radius 3 is 2.41 bits per heavy atom. The molecule has 0 aromatic heterocycles. The van der Waals surface area contributed by atoms with Gasteiger partial charge in [-0.3, -0.25) is 9.10 Å². The van der Waals surface area contributed by atoms with E-state index in [-0.39, 0.29) is 17.8 Å². The van der Waals surface area contributed by atoms with E-state index in [9.17, 15) is 13.2 Å². The number of carbonyl (C=O) groups excluding carboxylic acids is 1. The van der Waals surface area contributed by atoms with Gasteiger partial charge in [0.05, 0.1) is 25.0 Å². The predicted molar refractivity (Wildman–Crippen MR) is 137 cm³/mol. The summed E-state index contributed by atoms with van der Waals surface area (Å²) in [4.78, 5) is 13.2. The van der Waals surface area contributed by atoms with E-state index < -0.39 is 20.8 Å². The predicted octanol–water partition coefficient (Wildman–Crippen LogP) is 5.74. The Hall–Kier alpha value is -3.26. The molecule has 0 bridgehead atoms. The number of anilines is 2. The molecule has 1 aliphatic heterocycles. The first-order valence-corrected chi connectivity index (χ1v) is 12.4. The second-order valence-corrected chi connectivity index (χ2v) is 10.0. The van der Waals surface area contributed by atoms with Gasteiger partial charge in [0, 0.05) is 21.2 Å². The largest absolute Gasteiger partial charge is 0.495 e. The lowest BCUT2D eigenvalue weighted by Crippen LogP contribution is -2.39. The molecule has 6 nitrogen and oxygen atoms in total. The third kappa shape index (κ3) is 4.30. The maximum absolute atomic E-state index is 13.9. The number of amides is 1. The molecule has 3 aromatic rings. The Kier molecular flexibility index (Phi) is 6.70. The van der Waals surface area contributed by atoms with Crippen LogP contribution in [-0.2, 0) is 14.8 Å². The summed E-state index contributed by atoms with van der Waals surface area (Å²) in [5.41, 5.74) is 1.95. The molecular formula is C25H20Cl2N2O4S. The SMILES string of the molecule is C=CCN1c2ccc(Cl)cc2C(c2ccccc2)=C(C(=O)Nc2cc(Cl)ccc2OC)S1(=O)=O. The van der Waals surface area contributed by atoms with Gasteiger partial charge in [-0.25, -0.2) is 8.42 Å². The Bertz CT molecular complexity index is 1420. The summed E-state index contributed by atoms with van der Waals surface area (Å²) < 4.78 is 34.2. The molecule has 0 unspecified atom stereocenters. The van der Waals surface area contributed by atoms with E-state index >= 15 is 0 Å². The first-order chi connectivity index (χ1) is 16.3. The minimum absolute atomic E-state index is 0.0314. The van der Waals surface area contributed by atoms with Crippen LogP contribution >= 0.6 is 23.2 Å². The molecule has 0 atom stereocenters. The van der Waals surface area contributed by atoms with Gasteiger partial charge in [-0.05, 0) is 42.0 Å². The second kappa shape index (κ2) is 9.54. The van der Waals surface area contributed by atoms with Crippen molar-refractivity contribution in [2.75, 3.05) is 23.3 Å². The normalized spacial score (nSPS) is 14.4. The molecule has 3 aromatic carbocycles. The number of nitrogens with one attached hydrogen (secondary N) is 1. The number of methoxy groups -OCH3 is 1. The Morgan fingerprint density at radius 1 is 1.06 bits per heavy atom. The second-order valence-electron chi connectivity index (χ2n) is 7.36. The highest BCUT2D eigenvalue weighted by molar-refractivity contribution is 7.97. The number of rotatable bonds is 6. The van der Waals surface area contributed by atoms with Crippen molar-refractivity contribution < 1.29 is 17.9 Å². The van der Waals surface area contributed by atoms with Gasteiger partial charge in [-0.1, -0.05) is 59.6 Å². The molecule has 0 aliphatic carbocycles. The van der Waals surface area contributed by atoms with Crippen molar-refractivity contribution in [1.29, 1.82) is 0 Å². The van der Waals surface area contributed by atoms with Gasteiger partial charge >= 0.3 is 0 Å². The summed E-state index contributed by atoms with van der Waals surface area (Å²) in [6, 6.07) is 18.4. The van der Waals surface area contributed by atoms with Crippen LogP contribution in [0.4, 0.5) is 11.4 Å². The van der Waals surface area contributed by atoms with Gasteiger partial charge in [0.1, 0.15) is 5.75 Å². The molecule has 0 fully saturated rings. The summed E-state index contributed by atoms with van der Waals surface area (Å²) in [6.45, 7) is 3.65. The molecule has 0 spiro atoms. The fourth-order valence-corrected chi connectivity index (χ4v) is 5.87. The standard InChI is InChI=1S/C25H20Cl2N2O4S/c1-3-13-29-21-11-9-17(26)14-19(21)23(16-7-5-4-6-8-16)24(34(29,31)32)25(30)28-20-15-18(27)10-12-22(20)33-2/h3-12,14-15H,1,13H2,2H3,(H,28,30). The third-order valence-corrected chi connectivity index (χ3v) is 7.55. The molecule has 1 N–H and O–H groups in total.